The van der Waals surface area contributed by atoms with Gasteiger partial charge in [0.2, 0.25) is 47.3 Å². The molecule has 1 aromatic rings. The van der Waals surface area contributed by atoms with Crippen molar-refractivity contribution in [3.05, 3.63) is 29.8 Å². The minimum absolute atomic E-state index is 0.137. The lowest BCUT2D eigenvalue weighted by Gasteiger charge is -2.29. The highest BCUT2D eigenvalue weighted by molar-refractivity contribution is 6.03. The molecule has 10 atom stereocenters. The second kappa shape index (κ2) is 54.4. The first-order chi connectivity index (χ1) is 62.7. The van der Waals surface area contributed by atoms with Crippen LogP contribution in [-0.2, 0) is 159 Å². The zero-order valence-electron chi connectivity index (χ0n) is 86.1. The van der Waals surface area contributed by atoms with Gasteiger partial charge in [-0.2, -0.15) is 0 Å². The van der Waals surface area contributed by atoms with Crippen molar-refractivity contribution in [3.63, 3.8) is 0 Å². The molecule has 0 saturated heterocycles. The number of Topliss-reactive ketones (excluding diaryl/α,β-unsaturated/α-hetero) is 1. The molecule has 43 heteroatoms. The average molecular weight is 1960 g/mol. The summed E-state index contributed by atoms with van der Waals surface area (Å²) in [6, 6.07) is -15.0. The van der Waals surface area contributed by atoms with Crippen LogP contribution in [0.4, 0.5) is 0 Å². The predicted octanol–water partition coefficient (Wildman–Crippen LogP) is 3.53. The van der Waals surface area contributed by atoms with Gasteiger partial charge in [-0.25, -0.2) is 0 Å². The third kappa shape index (κ3) is 58.6. The van der Waals surface area contributed by atoms with Gasteiger partial charge in [0.25, 0.3) is 5.91 Å². The summed E-state index contributed by atoms with van der Waals surface area (Å²) in [6.07, 6.45) is -11.0. The fourth-order valence-electron chi connectivity index (χ4n) is 11.7. The Morgan fingerprint density at radius 3 is 0.645 bits per heavy atom. The van der Waals surface area contributed by atoms with Crippen molar-refractivity contribution < 1.29 is 163 Å². The predicted molar refractivity (Wildman–Crippen MR) is 494 cm³/mol. The lowest BCUT2D eigenvalue weighted by atomic mass is 10.00. The van der Waals surface area contributed by atoms with E-state index in [1.165, 1.54) is 166 Å². The van der Waals surface area contributed by atoms with Crippen LogP contribution >= 0.6 is 0 Å². The zero-order chi connectivity index (χ0) is 107. The number of hydrogen-bond acceptors (Lipinski definition) is 33. The zero-order valence-corrected chi connectivity index (χ0v) is 86.1. The summed E-state index contributed by atoms with van der Waals surface area (Å²) >= 11 is 0. The number of benzene rings is 1. The molecule has 0 aliphatic rings. The standard InChI is InChI=1S/C95H150N10O33/c1-32-33-38-126-39-40-127-41-42-128-55-36-34-54(35-37-55)43-66(106)57(45-68(108)130-87(5,6)7)97-78(118)59(47-70(110)132-89(11,12)13)99-80(120)61(49-72(112)134-91(17,18)19)101-82(122)63(51-74(114)136-93(23,24)25)103-84(124)65(53-76(116)138-95(29,30)31)105-85(125)64(52-75(115)137-94(26,27)28)104-83(123)62(50-73(113)135-92(20,21)22)102-81(121)60(48-71(111)133-90(14,15)16)100-79(119)58(46-69(109)131-88(8,9)10)98-77(117)56(96)44-67(107)129-86(2,3)4/h34-37,56-65H,38-53,96H2,1-31H3,(H,97,118)(H,98,117)(H,99,120)(H,100,119)(H,101,122)(H,102,121)(H,103,124)(H,104,123)(H,105,125)/p+1/t56-,57-,58-,59-,60-,61-,62-,63-,64-,65-/m0/s1. The summed E-state index contributed by atoms with van der Waals surface area (Å²) < 4.78 is 71.8. The molecule has 0 bridgehead atoms. The van der Waals surface area contributed by atoms with E-state index in [1.807, 2.05) is 0 Å². The Hall–Kier alpha value is -11.9. The molecule has 0 radical (unpaired) electrons. The largest absolute Gasteiger partial charge is 0.491 e. The highest BCUT2D eigenvalue weighted by Gasteiger charge is 2.43. The van der Waals surface area contributed by atoms with Crippen molar-refractivity contribution in [1.82, 2.24) is 47.9 Å². The van der Waals surface area contributed by atoms with Gasteiger partial charge in [0.15, 0.2) is 11.8 Å². The number of carbonyl (C=O) groups excluding carboxylic acids is 20. The Morgan fingerprint density at radius 1 is 0.254 bits per heavy atom. The van der Waals surface area contributed by atoms with Crippen LogP contribution in [0.15, 0.2) is 24.3 Å². The fraction of sp³-hybridized carbons (Fsp3) is 0.705. The highest BCUT2D eigenvalue weighted by atomic mass is 16.6. The second-order valence-electron chi connectivity index (χ2n) is 42.4. The third-order valence-corrected chi connectivity index (χ3v) is 16.6. The normalized spacial score (nSPS) is 14.3. The number of carbonyl (C=O) groups is 20. The van der Waals surface area contributed by atoms with Crippen LogP contribution in [0.5, 0.6) is 5.75 Å². The summed E-state index contributed by atoms with van der Waals surface area (Å²) in [5.74, 6) is -19.5. The summed E-state index contributed by atoms with van der Waals surface area (Å²) in [4.78, 5) is 287. The van der Waals surface area contributed by atoms with Crippen LogP contribution in [0, 0.1) is 11.8 Å². The first-order valence-corrected chi connectivity index (χ1v) is 45.2. The molecule has 0 heterocycles. The van der Waals surface area contributed by atoms with Crippen LogP contribution in [-0.4, -0.2) is 268 Å². The molecule has 0 unspecified atom stereocenters. The van der Waals surface area contributed by atoms with Crippen LogP contribution in [0.25, 0.3) is 0 Å². The second-order valence-corrected chi connectivity index (χ2v) is 42.4. The SMILES string of the molecule is CC#CCOCCOCCOc1ccc(CC(=O)[C@H](CC(=O)OC(C)(C)C)NC(=O)[C@H](CC(=O)OC(C)(C)C)NC(=O)[C@H](CC(=O)OC(C)(C)C)NC(=O)[C@H](CC(=O)OC(C)(C)C)NC(=O)[C@H](CC(=O)OC(C)(C)C)NC(=O)[C@H](CC(=O)OC(C)(C)C)NC(=O)[C@H](CC(=O)OC(C)(C)C)NC(=O)[C@H](CC(=O)OC(C)(C)C)NC(=O)[C@H](CC(=O)OC(C)(C)C)NC(=O)[C@@H]([NH3+])CC(=O)OC(C)(C)C)cc1. The monoisotopic (exact) mass is 1960 g/mol. The lowest BCUT2D eigenvalue weighted by Crippen LogP contribution is -2.70. The Morgan fingerprint density at radius 2 is 0.435 bits per heavy atom. The lowest BCUT2D eigenvalue weighted by molar-refractivity contribution is -0.403. The highest BCUT2D eigenvalue weighted by Crippen LogP contribution is 2.23. The molecule has 0 fully saturated rings. The van der Waals surface area contributed by atoms with E-state index in [2.05, 4.69) is 65.4 Å². The Kier molecular flexibility index (Phi) is 48.9. The van der Waals surface area contributed by atoms with Crippen LogP contribution in [0.2, 0.25) is 0 Å². The molecule has 0 spiro atoms. The molecule has 1 rings (SSSR count). The van der Waals surface area contributed by atoms with Gasteiger partial charge in [0, 0.05) is 6.42 Å². The van der Waals surface area contributed by atoms with Crippen LogP contribution < -0.4 is 58.3 Å². The summed E-state index contributed by atoms with van der Waals surface area (Å²) in [5, 5.41) is 20.6. The summed E-state index contributed by atoms with van der Waals surface area (Å²) in [5.41, 5.74) is -8.53. The van der Waals surface area contributed by atoms with Gasteiger partial charge >= 0.3 is 59.7 Å². The van der Waals surface area contributed by atoms with Crippen molar-refractivity contribution in [1.29, 1.82) is 0 Å². The molecule has 0 aliphatic carbocycles. The molecule has 12 N–H and O–H groups in total. The maximum absolute atomic E-state index is 15.4. The van der Waals surface area contributed by atoms with Crippen molar-refractivity contribution in [2.24, 2.45) is 0 Å². The number of hydrogen-bond donors (Lipinski definition) is 10. The summed E-state index contributed by atoms with van der Waals surface area (Å²) in [7, 11) is 0. The van der Waals surface area contributed by atoms with Gasteiger partial charge in [-0.05, 0) is 232 Å². The van der Waals surface area contributed by atoms with Crippen molar-refractivity contribution in [2.75, 3.05) is 33.0 Å². The number of rotatable bonds is 49. The van der Waals surface area contributed by atoms with Gasteiger partial charge in [-0.3, -0.25) is 95.9 Å². The van der Waals surface area contributed by atoms with Crippen molar-refractivity contribution in [3.8, 4) is 17.6 Å². The smallest absolute Gasteiger partial charge is 0.312 e. The van der Waals surface area contributed by atoms with Crippen LogP contribution in [0.3, 0.4) is 0 Å². The van der Waals surface area contributed by atoms with Crippen molar-refractivity contribution >= 4 is 119 Å². The first kappa shape index (κ1) is 124. The minimum Gasteiger partial charge on any atom is -0.491 e. The molecule has 0 aromatic heterocycles. The van der Waals surface area contributed by atoms with Gasteiger partial charge in [0.1, 0.15) is 130 Å². The number of quaternary nitrogens is 1. The van der Waals surface area contributed by atoms with E-state index in [-0.39, 0.29) is 26.4 Å². The molecule has 9 amide bonds. The maximum atomic E-state index is 15.4. The molecule has 0 aliphatic heterocycles. The van der Waals surface area contributed by atoms with E-state index in [0.717, 1.165) is 0 Å². The van der Waals surface area contributed by atoms with Gasteiger partial charge in [-0.15, -0.1) is 5.92 Å². The summed E-state index contributed by atoms with van der Waals surface area (Å²) in [6.45, 7) is 46.8. The maximum Gasteiger partial charge on any atom is 0.312 e. The van der Waals surface area contributed by atoms with E-state index >= 15 is 28.8 Å². The van der Waals surface area contributed by atoms with Crippen LogP contribution in [0.1, 0.15) is 284 Å². The number of esters is 10. The molecule has 0 saturated carbocycles. The Bertz CT molecular complexity index is 4460. The molecule has 138 heavy (non-hydrogen) atoms. The average Bonchev–Trinajstić information content (AvgIpc) is 0.835. The molecular formula is C95H151N10O33+. The molecular weight excluding hydrogens is 1810 g/mol. The topological polar surface area (TPSA) is 597 Å². The third-order valence-electron chi connectivity index (χ3n) is 16.6. The minimum atomic E-state index is -2.36. The number of ketones is 1. The van der Waals surface area contributed by atoms with E-state index in [1.54, 1.807) is 72.7 Å². The van der Waals surface area contributed by atoms with E-state index in [0.29, 0.717) is 17.9 Å². The molecule has 1 aromatic carbocycles. The van der Waals surface area contributed by atoms with E-state index in [4.69, 9.17) is 61.6 Å². The van der Waals surface area contributed by atoms with Gasteiger partial charge in [-0.1, -0.05) is 18.1 Å². The van der Waals surface area contributed by atoms with Gasteiger partial charge < -0.3 is 115 Å². The van der Waals surface area contributed by atoms with Gasteiger partial charge in [0.05, 0.1) is 83.6 Å². The van der Waals surface area contributed by atoms with E-state index in [9.17, 15) is 67.1 Å². The molecule has 43 nitrogen and oxygen atoms in total. The number of nitrogens with one attached hydrogen (secondary N) is 9. The van der Waals surface area contributed by atoms with E-state index < -0.39 is 306 Å². The number of amides is 9. The van der Waals surface area contributed by atoms with Crippen molar-refractivity contribution in [2.45, 2.75) is 402 Å². The quantitative estimate of drug-likeness (QED) is 0.0193. The first-order valence-electron chi connectivity index (χ1n) is 45.2. The Labute approximate surface area is 808 Å². The Balaban J connectivity index is 4.49. The fourth-order valence-corrected chi connectivity index (χ4v) is 11.7. The molecule has 778 valence electrons. The number of ether oxygens (including phenoxy) is 13.